The number of rotatable bonds is 13. The van der Waals surface area contributed by atoms with Gasteiger partial charge in [0.05, 0.1) is 43.3 Å². The number of hydrogen-bond acceptors (Lipinski definition) is 9. The minimum Gasteiger partial charge on any atom is -0.497 e. The second-order valence-corrected chi connectivity index (χ2v) is 11.9. The summed E-state index contributed by atoms with van der Waals surface area (Å²) in [6.45, 7) is 1.63. The molecule has 2 aliphatic heterocycles. The highest BCUT2D eigenvalue weighted by atomic mass is 32.2. The molecule has 2 aliphatic rings. The summed E-state index contributed by atoms with van der Waals surface area (Å²) in [7, 11) is -2.61. The van der Waals surface area contributed by atoms with Crippen LogP contribution in [0.25, 0.3) is 0 Å². The minimum absolute atomic E-state index is 0.00870. The Labute approximate surface area is 234 Å². The SMILES string of the molecule is COc1ccc(S(=O)(=O)N(CCC(C)=O)C[C@@H](O)[C@H](Cc2ccccc2)NC(=O)O[C@H]2CO[C@H]3OCC[C@H]32)cc1. The Hall–Kier alpha value is -3.03. The van der Waals surface area contributed by atoms with E-state index in [2.05, 4.69) is 5.32 Å². The zero-order chi connectivity index (χ0) is 28.7. The number of carbonyl (C=O) groups excluding carboxylic acids is 2. The lowest BCUT2D eigenvalue weighted by atomic mass is 10.0. The summed E-state index contributed by atoms with van der Waals surface area (Å²) in [5.41, 5.74) is 0.827. The van der Waals surface area contributed by atoms with Gasteiger partial charge in [-0.05, 0) is 49.6 Å². The summed E-state index contributed by atoms with van der Waals surface area (Å²) in [6, 6.07) is 14.2. The molecule has 11 nitrogen and oxygen atoms in total. The van der Waals surface area contributed by atoms with Crippen molar-refractivity contribution in [2.45, 2.75) is 55.6 Å². The zero-order valence-electron chi connectivity index (χ0n) is 22.6. The molecular formula is C28H36N2O9S. The molecule has 2 aromatic rings. The van der Waals surface area contributed by atoms with Gasteiger partial charge in [0.2, 0.25) is 10.0 Å². The van der Waals surface area contributed by atoms with E-state index in [-0.39, 0.29) is 55.4 Å². The lowest BCUT2D eigenvalue weighted by Gasteiger charge is -2.30. The van der Waals surface area contributed by atoms with Gasteiger partial charge in [0, 0.05) is 19.5 Å². The first-order chi connectivity index (χ1) is 19.2. The minimum atomic E-state index is -4.09. The molecular weight excluding hydrogens is 540 g/mol. The third-order valence-electron chi connectivity index (χ3n) is 7.11. The van der Waals surface area contributed by atoms with Crippen molar-refractivity contribution in [1.29, 1.82) is 0 Å². The van der Waals surface area contributed by atoms with Crippen molar-refractivity contribution in [3.05, 3.63) is 60.2 Å². The van der Waals surface area contributed by atoms with Crippen LogP contribution in [0, 0.1) is 5.92 Å². The van der Waals surface area contributed by atoms with E-state index in [1.807, 2.05) is 30.3 Å². The van der Waals surface area contributed by atoms with E-state index in [4.69, 9.17) is 18.9 Å². The first kappa shape index (κ1) is 29.9. The zero-order valence-corrected chi connectivity index (χ0v) is 23.4. The number of nitrogens with one attached hydrogen (secondary N) is 1. The standard InChI is InChI=1S/C28H36N2O9S/c1-19(31)12-14-30(40(34,35)22-10-8-21(36-2)9-11-22)17-25(32)24(16-20-6-4-3-5-7-20)29-28(33)39-26-18-38-27-23(26)13-15-37-27/h3-11,23-27,32H,12-18H2,1-2H3,(H,29,33)/t23-,24-,25+,26-,27+/m0/s1. The van der Waals surface area contributed by atoms with Gasteiger partial charge in [0.1, 0.15) is 17.6 Å². The van der Waals surface area contributed by atoms with E-state index in [1.54, 1.807) is 0 Å². The first-order valence-corrected chi connectivity index (χ1v) is 14.7. The van der Waals surface area contributed by atoms with Gasteiger partial charge in [0.15, 0.2) is 6.29 Å². The van der Waals surface area contributed by atoms with Gasteiger partial charge in [-0.15, -0.1) is 0 Å². The van der Waals surface area contributed by atoms with Crippen LogP contribution in [0.4, 0.5) is 4.79 Å². The van der Waals surface area contributed by atoms with E-state index < -0.39 is 34.4 Å². The molecule has 40 heavy (non-hydrogen) atoms. The lowest BCUT2D eigenvalue weighted by Crippen LogP contribution is -2.51. The number of amides is 1. The van der Waals surface area contributed by atoms with Crippen LogP contribution < -0.4 is 10.1 Å². The molecule has 1 amide bonds. The average Bonchev–Trinajstić information content (AvgIpc) is 3.56. The van der Waals surface area contributed by atoms with Crippen LogP contribution in [-0.4, -0.2) is 87.7 Å². The molecule has 0 aromatic heterocycles. The highest BCUT2D eigenvalue weighted by molar-refractivity contribution is 7.89. The third-order valence-corrected chi connectivity index (χ3v) is 8.99. The molecule has 0 unspecified atom stereocenters. The fourth-order valence-electron chi connectivity index (χ4n) is 4.85. The molecule has 2 N–H and O–H groups in total. The van der Waals surface area contributed by atoms with E-state index in [0.717, 1.165) is 9.87 Å². The van der Waals surface area contributed by atoms with Gasteiger partial charge in [-0.2, -0.15) is 4.31 Å². The molecule has 0 aliphatic carbocycles. The number of sulfonamides is 1. The maximum atomic E-state index is 13.5. The number of nitrogens with zero attached hydrogens (tertiary/aromatic N) is 1. The van der Waals surface area contributed by atoms with Crippen molar-refractivity contribution in [2.75, 3.05) is 33.4 Å². The number of Topliss-reactive ketones (excluding diaryl/α,β-unsaturated/α-hetero) is 1. The number of methoxy groups -OCH3 is 1. The number of aliphatic hydroxyl groups is 1. The van der Waals surface area contributed by atoms with E-state index in [9.17, 15) is 23.1 Å². The predicted octanol–water partition coefficient (Wildman–Crippen LogP) is 2.12. The summed E-state index contributed by atoms with van der Waals surface area (Å²) in [4.78, 5) is 24.7. The maximum absolute atomic E-state index is 13.5. The van der Waals surface area contributed by atoms with Gasteiger partial charge in [-0.1, -0.05) is 30.3 Å². The van der Waals surface area contributed by atoms with E-state index in [0.29, 0.717) is 18.8 Å². The van der Waals surface area contributed by atoms with Crippen LogP contribution in [0.3, 0.4) is 0 Å². The smallest absolute Gasteiger partial charge is 0.407 e. The van der Waals surface area contributed by atoms with Crippen molar-refractivity contribution in [3.8, 4) is 5.75 Å². The summed E-state index contributed by atoms with van der Waals surface area (Å²) in [5, 5.41) is 14.1. The van der Waals surface area contributed by atoms with Gasteiger partial charge in [-0.25, -0.2) is 13.2 Å². The lowest BCUT2D eigenvalue weighted by molar-refractivity contribution is -0.117. The molecule has 2 fully saturated rings. The molecule has 12 heteroatoms. The Morgan fingerprint density at radius 3 is 2.52 bits per heavy atom. The summed E-state index contributed by atoms with van der Waals surface area (Å²) < 4.78 is 49.9. The van der Waals surface area contributed by atoms with Crippen LogP contribution in [0.2, 0.25) is 0 Å². The molecule has 0 spiro atoms. The number of hydrogen-bond donors (Lipinski definition) is 2. The molecule has 5 atom stereocenters. The van der Waals surface area contributed by atoms with Crippen LogP contribution in [0.1, 0.15) is 25.3 Å². The van der Waals surface area contributed by atoms with Crippen LogP contribution in [0.5, 0.6) is 5.75 Å². The van der Waals surface area contributed by atoms with Crippen molar-refractivity contribution in [3.63, 3.8) is 0 Å². The largest absolute Gasteiger partial charge is 0.497 e. The second-order valence-electron chi connectivity index (χ2n) is 9.97. The highest BCUT2D eigenvalue weighted by Crippen LogP contribution is 2.33. The summed E-state index contributed by atoms with van der Waals surface area (Å²) in [6.07, 6.45) is -2.04. The third kappa shape index (κ3) is 7.58. The molecule has 4 rings (SSSR count). The number of aliphatic hydroxyl groups excluding tert-OH is 1. The molecule has 2 aromatic carbocycles. The summed E-state index contributed by atoms with van der Waals surface area (Å²) >= 11 is 0. The predicted molar refractivity (Wildman–Crippen MR) is 144 cm³/mol. The summed E-state index contributed by atoms with van der Waals surface area (Å²) in [5.74, 6) is 0.239. The van der Waals surface area contributed by atoms with E-state index in [1.165, 1.54) is 38.3 Å². The molecule has 2 heterocycles. The fraction of sp³-hybridized carbons (Fsp3) is 0.500. The number of benzene rings is 2. The normalized spacial score (nSPS) is 21.9. The van der Waals surface area contributed by atoms with Gasteiger partial charge >= 0.3 is 6.09 Å². The topological polar surface area (TPSA) is 141 Å². The average molecular weight is 577 g/mol. The Morgan fingerprint density at radius 2 is 1.85 bits per heavy atom. The number of fused-ring (bicyclic) bond motifs is 1. The fourth-order valence-corrected chi connectivity index (χ4v) is 6.30. The van der Waals surface area contributed by atoms with Crippen molar-refractivity contribution < 1.29 is 42.1 Å². The molecule has 218 valence electrons. The molecule has 0 saturated carbocycles. The van der Waals surface area contributed by atoms with Crippen LogP contribution in [-0.2, 0) is 35.4 Å². The maximum Gasteiger partial charge on any atom is 0.407 e. The number of ether oxygens (including phenoxy) is 4. The van der Waals surface area contributed by atoms with Crippen LogP contribution >= 0.6 is 0 Å². The van der Waals surface area contributed by atoms with Gasteiger partial charge in [-0.3, -0.25) is 4.79 Å². The van der Waals surface area contributed by atoms with Gasteiger partial charge < -0.3 is 29.4 Å². The number of carbonyl (C=O) groups is 2. The van der Waals surface area contributed by atoms with Crippen LogP contribution in [0.15, 0.2) is 59.5 Å². The van der Waals surface area contributed by atoms with E-state index >= 15 is 0 Å². The Kier molecular flexibility index (Phi) is 10.1. The molecule has 2 saturated heterocycles. The Morgan fingerprint density at radius 1 is 1.12 bits per heavy atom. The van der Waals surface area contributed by atoms with Crippen molar-refractivity contribution in [2.24, 2.45) is 5.92 Å². The molecule has 0 radical (unpaired) electrons. The van der Waals surface area contributed by atoms with Crippen molar-refractivity contribution >= 4 is 21.9 Å². The Bertz CT molecular complexity index is 1240. The monoisotopic (exact) mass is 576 g/mol. The highest BCUT2D eigenvalue weighted by Gasteiger charge is 2.44. The van der Waals surface area contributed by atoms with Crippen molar-refractivity contribution in [1.82, 2.24) is 9.62 Å². The second kappa shape index (κ2) is 13.6. The number of ketones is 1. The Balaban J connectivity index is 1.51. The first-order valence-electron chi connectivity index (χ1n) is 13.2. The quantitative estimate of drug-likeness (QED) is 0.367. The number of alkyl carbamates (subject to hydrolysis) is 1. The molecule has 0 bridgehead atoms. The van der Waals surface area contributed by atoms with Gasteiger partial charge in [0.25, 0.3) is 0 Å².